The second-order valence-corrected chi connectivity index (χ2v) is 5.54. The molecule has 0 aromatic heterocycles. The summed E-state index contributed by atoms with van der Waals surface area (Å²) in [7, 11) is 0. The highest BCUT2D eigenvalue weighted by Gasteiger charge is 2.36. The van der Waals surface area contributed by atoms with Gasteiger partial charge >= 0.3 is 0 Å². The summed E-state index contributed by atoms with van der Waals surface area (Å²) in [5.41, 5.74) is 0.929. The Morgan fingerprint density at radius 2 is 2.21 bits per heavy atom. The van der Waals surface area contributed by atoms with Crippen LogP contribution in [0.5, 0.6) is 0 Å². The minimum Gasteiger partial charge on any atom is -0.298 e. The molecule has 3 nitrogen and oxygen atoms in total. The van der Waals surface area contributed by atoms with Gasteiger partial charge in [0.05, 0.1) is 15.8 Å². The van der Waals surface area contributed by atoms with Crippen molar-refractivity contribution in [3.8, 4) is 0 Å². The van der Waals surface area contributed by atoms with Gasteiger partial charge in [0, 0.05) is 12.0 Å². The van der Waals surface area contributed by atoms with Crippen LogP contribution < -0.4 is 0 Å². The van der Waals surface area contributed by atoms with Gasteiger partial charge in [0.2, 0.25) is 0 Å². The van der Waals surface area contributed by atoms with Gasteiger partial charge in [-0.05, 0) is 24.8 Å². The number of nitrogens with zero attached hydrogens (tertiary/aromatic N) is 1. The molecule has 0 saturated carbocycles. The second-order valence-electron chi connectivity index (χ2n) is 4.30. The fourth-order valence-electron chi connectivity index (χ4n) is 2.11. The third-order valence-corrected chi connectivity index (χ3v) is 4.06. The van der Waals surface area contributed by atoms with E-state index >= 15 is 0 Å². The Hall–Kier alpha value is -1.13. The lowest BCUT2D eigenvalue weighted by atomic mass is 9.89. The minimum atomic E-state index is -0.749. The molecule has 1 aromatic rings. The van der Waals surface area contributed by atoms with Crippen LogP contribution in [0.4, 0.5) is 5.69 Å². The van der Waals surface area contributed by atoms with Crippen molar-refractivity contribution < 1.29 is 9.59 Å². The standard InChI is InChI=1S/C14H14ClNO2S/c1-3-5-10(17)11-13(18)8-6-4-7-9(15)12(8)16-14(11)19-2/h4,6-7,11H,3,5H2,1-2H3. The summed E-state index contributed by atoms with van der Waals surface area (Å²) >= 11 is 7.40. The predicted molar refractivity (Wildman–Crippen MR) is 79.8 cm³/mol. The highest BCUT2D eigenvalue weighted by molar-refractivity contribution is 8.13. The number of benzene rings is 1. The van der Waals surface area contributed by atoms with Crippen molar-refractivity contribution in [3.63, 3.8) is 0 Å². The number of halogens is 1. The number of para-hydroxylation sites is 1. The van der Waals surface area contributed by atoms with E-state index in [1.165, 1.54) is 11.8 Å². The van der Waals surface area contributed by atoms with Gasteiger partial charge in [0.25, 0.3) is 0 Å². The zero-order valence-electron chi connectivity index (χ0n) is 10.8. The first kappa shape index (κ1) is 14.3. The number of Topliss-reactive ketones (excluding diaryl/α,β-unsaturated/α-hetero) is 2. The molecule has 0 bridgehead atoms. The summed E-state index contributed by atoms with van der Waals surface area (Å²) in [5.74, 6) is -0.998. The number of fused-ring (bicyclic) bond motifs is 1. The van der Waals surface area contributed by atoms with E-state index in [0.717, 1.165) is 6.42 Å². The summed E-state index contributed by atoms with van der Waals surface area (Å²) in [6.45, 7) is 1.92. The predicted octanol–water partition coefficient (Wildman–Crippen LogP) is 3.91. The van der Waals surface area contributed by atoms with Gasteiger partial charge in [0.15, 0.2) is 5.78 Å². The van der Waals surface area contributed by atoms with Crippen molar-refractivity contribution in [2.45, 2.75) is 19.8 Å². The van der Waals surface area contributed by atoms with E-state index in [1.54, 1.807) is 18.2 Å². The van der Waals surface area contributed by atoms with Gasteiger partial charge in [-0.2, -0.15) is 0 Å². The van der Waals surface area contributed by atoms with Crippen LogP contribution in [-0.4, -0.2) is 22.9 Å². The van der Waals surface area contributed by atoms with E-state index < -0.39 is 5.92 Å². The van der Waals surface area contributed by atoms with Crippen LogP contribution in [0.1, 0.15) is 30.1 Å². The molecule has 1 aliphatic rings. The normalized spacial score (nSPS) is 17.9. The lowest BCUT2D eigenvalue weighted by molar-refractivity contribution is -0.119. The number of hydrogen-bond donors (Lipinski definition) is 0. The number of aliphatic imine (C=N–C) groups is 1. The fraction of sp³-hybridized carbons (Fsp3) is 0.357. The summed E-state index contributed by atoms with van der Waals surface area (Å²) < 4.78 is 0. The molecule has 0 fully saturated rings. The molecular formula is C14H14ClNO2S. The molecule has 0 saturated heterocycles. The maximum Gasteiger partial charge on any atom is 0.182 e. The largest absolute Gasteiger partial charge is 0.298 e. The molecule has 1 heterocycles. The van der Waals surface area contributed by atoms with Crippen LogP contribution in [0.15, 0.2) is 23.2 Å². The van der Waals surface area contributed by atoms with E-state index in [1.807, 2.05) is 13.2 Å². The molecule has 100 valence electrons. The first-order chi connectivity index (χ1) is 9.10. The average Bonchev–Trinajstić information content (AvgIpc) is 2.39. The third kappa shape index (κ3) is 2.60. The van der Waals surface area contributed by atoms with Crippen LogP contribution in [0.2, 0.25) is 5.02 Å². The molecule has 5 heteroatoms. The van der Waals surface area contributed by atoms with Crippen molar-refractivity contribution in [2.24, 2.45) is 10.9 Å². The Morgan fingerprint density at radius 1 is 1.47 bits per heavy atom. The van der Waals surface area contributed by atoms with Gasteiger partial charge in [-0.15, -0.1) is 11.8 Å². The lowest BCUT2D eigenvalue weighted by Gasteiger charge is -2.22. The number of carbonyl (C=O) groups is 2. The molecule has 1 atom stereocenters. The van der Waals surface area contributed by atoms with Crippen molar-refractivity contribution >= 4 is 45.7 Å². The van der Waals surface area contributed by atoms with Gasteiger partial charge in [-0.3, -0.25) is 9.59 Å². The highest BCUT2D eigenvalue weighted by atomic mass is 35.5. The van der Waals surface area contributed by atoms with Crippen LogP contribution in [0.3, 0.4) is 0 Å². The van der Waals surface area contributed by atoms with Gasteiger partial charge in [-0.25, -0.2) is 4.99 Å². The molecule has 1 aromatic carbocycles. The summed E-state index contributed by atoms with van der Waals surface area (Å²) in [6, 6.07) is 5.08. The Labute approximate surface area is 121 Å². The van der Waals surface area contributed by atoms with Crippen molar-refractivity contribution in [1.29, 1.82) is 0 Å². The van der Waals surface area contributed by atoms with E-state index in [0.29, 0.717) is 27.7 Å². The molecule has 0 N–H and O–H groups in total. The summed E-state index contributed by atoms with van der Waals surface area (Å²) in [5, 5.41) is 0.989. The number of ketones is 2. The third-order valence-electron chi connectivity index (χ3n) is 3.01. The molecule has 0 aliphatic carbocycles. The summed E-state index contributed by atoms with van der Waals surface area (Å²) in [6.07, 6.45) is 2.94. The van der Waals surface area contributed by atoms with Crippen molar-refractivity contribution in [1.82, 2.24) is 0 Å². The lowest BCUT2D eigenvalue weighted by Crippen LogP contribution is -2.32. The van der Waals surface area contributed by atoms with E-state index in [9.17, 15) is 9.59 Å². The second kappa shape index (κ2) is 5.88. The topological polar surface area (TPSA) is 46.5 Å². The van der Waals surface area contributed by atoms with Crippen LogP contribution in [0, 0.1) is 5.92 Å². The SMILES string of the molecule is CCCC(=O)C1C(=O)c2cccc(Cl)c2N=C1SC. The zero-order chi connectivity index (χ0) is 14.0. The maximum absolute atomic E-state index is 12.5. The number of rotatable bonds is 3. The van der Waals surface area contributed by atoms with Crippen LogP contribution in [-0.2, 0) is 4.79 Å². The molecule has 19 heavy (non-hydrogen) atoms. The van der Waals surface area contributed by atoms with E-state index in [-0.39, 0.29) is 11.6 Å². The molecule has 2 rings (SSSR count). The molecule has 1 aliphatic heterocycles. The van der Waals surface area contributed by atoms with E-state index in [4.69, 9.17) is 11.6 Å². The Bertz CT molecular complexity index is 569. The Morgan fingerprint density at radius 3 is 2.84 bits per heavy atom. The summed E-state index contributed by atoms with van der Waals surface area (Å²) in [4.78, 5) is 29.0. The van der Waals surface area contributed by atoms with Crippen molar-refractivity contribution in [2.75, 3.05) is 6.26 Å². The average molecular weight is 296 g/mol. The first-order valence-electron chi connectivity index (χ1n) is 6.08. The molecular weight excluding hydrogens is 282 g/mol. The first-order valence-corrected chi connectivity index (χ1v) is 7.68. The van der Waals surface area contributed by atoms with Crippen LogP contribution >= 0.6 is 23.4 Å². The fourth-order valence-corrected chi connectivity index (χ4v) is 2.98. The number of carbonyl (C=O) groups excluding carboxylic acids is 2. The highest BCUT2D eigenvalue weighted by Crippen LogP contribution is 2.37. The van der Waals surface area contributed by atoms with Crippen molar-refractivity contribution in [3.05, 3.63) is 28.8 Å². The number of hydrogen-bond acceptors (Lipinski definition) is 4. The minimum absolute atomic E-state index is 0.0637. The molecule has 0 radical (unpaired) electrons. The molecule has 0 amide bonds. The smallest absolute Gasteiger partial charge is 0.182 e. The van der Waals surface area contributed by atoms with Crippen LogP contribution in [0.25, 0.3) is 0 Å². The van der Waals surface area contributed by atoms with Gasteiger partial charge in [-0.1, -0.05) is 24.6 Å². The maximum atomic E-state index is 12.5. The Balaban J connectivity index is 2.52. The molecule has 0 spiro atoms. The quantitative estimate of drug-likeness (QED) is 0.794. The Kier molecular flexibility index (Phi) is 4.42. The number of thioether (sulfide) groups is 1. The monoisotopic (exact) mass is 295 g/mol. The molecule has 1 unspecified atom stereocenters. The van der Waals surface area contributed by atoms with E-state index in [2.05, 4.69) is 4.99 Å². The van der Waals surface area contributed by atoms with Gasteiger partial charge in [0.1, 0.15) is 11.7 Å². The van der Waals surface area contributed by atoms with Gasteiger partial charge < -0.3 is 0 Å². The zero-order valence-corrected chi connectivity index (χ0v) is 12.3.